The SMILES string of the molecule is O=C(N[C@H]1CCS(=O)(=O)C1)c1ccc(-c2cc(Cl)ccc2Cl)o1. The van der Waals surface area contributed by atoms with E-state index in [-0.39, 0.29) is 23.3 Å². The predicted molar refractivity (Wildman–Crippen MR) is 88.7 cm³/mol. The zero-order valence-electron chi connectivity index (χ0n) is 11.9. The summed E-state index contributed by atoms with van der Waals surface area (Å²) in [7, 11) is -3.05. The van der Waals surface area contributed by atoms with E-state index in [1.807, 2.05) is 0 Å². The average molecular weight is 374 g/mol. The Balaban J connectivity index is 1.76. The second-order valence-electron chi connectivity index (χ2n) is 5.36. The fraction of sp³-hybridized carbons (Fsp3) is 0.267. The molecule has 0 radical (unpaired) electrons. The zero-order chi connectivity index (χ0) is 16.6. The molecule has 1 atom stereocenters. The smallest absolute Gasteiger partial charge is 0.287 e. The summed E-state index contributed by atoms with van der Waals surface area (Å²) < 4.78 is 28.4. The van der Waals surface area contributed by atoms with Gasteiger partial charge in [0.05, 0.1) is 16.5 Å². The van der Waals surface area contributed by atoms with Crippen molar-refractivity contribution < 1.29 is 17.6 Å². The molecule has 5 nitrogen and oxygen atoms in total. The van der Waals surface area contributed by atoms with Crippen LogP contribution in [0.4, 0.5) is 0 Å². The number of amides is 1. The van der Waals surface area contributed by atoms with Crippen molar-refractivity contribution in [3.8, 4) is 11.3 Å². The summed E-state index contributed by atoms with van der Waals surface area (Å²) in [5.74, 6) is 0.129. The largest absolute Gasteiger partial charge is 0.451 e. The highest BCUT2D eigenvalue weighted by molar-refractivity contribution is 7.91. The van der Waals surface area contributed by atoms with Crippen LogP contribution in [0.2, 0.25) is 10.0 Å². The second-order valence-corrected chi connectivity index (χ2v) is 8.43. The number of hydrogen-bond acceptors (Lipinski definition) is 4. The Labute approximate surface area is 143 Å². The van der Waals surface area contributed by atoms with E-state index in [4.69, 9.17) is 27.6 Å². The maximum absolute atomic E-state index is 12.1. The molecule has 0 saturated carbocycles. The number of sulfone groups is 1. The minimum Gasteiger partial charge on any atom is -0.451 e. The molecule has 1 saturated heterocycles. The first-order valence-electron chi connectivity index (χ1n) is 6.90. The molecule has 1 fully saturated rings. The van der Waals surface area contributed by atoms with Crippen LogP contribution in [0.15, 0.2) is 34.7 Å². The molecule has 0 unspecified atom stereocenters. The van der Waals surface area contributed by atoms with Crippen molar-refractivity contribution in [1.29, 1.82) is 0 Å². The third-order valence-corrected chi connectivity index (χ3v) is 5.92. The molecule has 0 spiro atoms. The van der Waals surface area contributed by atoms with Crippen molar-refractivity contribution in [2.24, 2.45) is 0 Å². The van der Waals surface area contributed by atoms with E-state index in [9.17, 15) is 13.2 Å². The summed E-state index contributed by atoms with van der Waals surface area (Å²) in [4.78, 5) is 12.1. The van der Waals surface area contributed by atoms with E-state index in [1.165, 1.54) is 6.07 Å². The molecule has 1 aromatic carbocycles. The van der Waals surface area contributed by atoms with Crippen molar-refractivity contribution in [3.63, 3.8) is 0 Å². The fourth-order valence-corrected chi connectivity index (χ4v) is 4.51. The van der Waals surface area contributed by atoms with Crippen molar-refractivity contribution in [2.45, 2.75) is 12.5 Å². The first-order chi connectivity index (χ1) is 10.8. The van der Waals surface area contributed by atoms with Crippen molar-refractivity contribution >= 4 is 38.9 Å². The van der Waals surface area contributed by atoms with Gasteiger partial charge in [-0.1, -0.05) is 23.2 Å². The van der Waals surface area contributed by atoms with Gasteiger partial charge in [0.25, 0.3) is 5.91 Å². The Hall–Kier alpha value is -1.50. The summed E-state index contributed by atoms with van der Waals surface area (Å²) in [5, 5.41) is 3.63. The summed E-state index contributed by atoms with van der Waals surface area (Å²) >= 11 is 12.0. The van der Waals surface area contributed by atoms with E-state index in [2.05, 4.69) is 5.32 Å². The lowest BCUT2D eigenvalue weighted by Gasteiger charge is -2.08. The number of hydrogen-bond donors (Lipinski definition) is 1. The Kier molecular flexibility index (Phi) is 4.40. The van der Waals surface area contributed by atoms with Gasteiger partial charge in [-0.2, -0.15) is 0 Å². The number of carbonyl (C=O) groups excluding carboxylic acids is 1. The minimum atomic E-state index is -3.05. The Morgan fingerprint density at radius 3 is 2.70 bits per heavy atom. The zero-order valence-corrected chi connectivity index (χ0v) is 14.2. The number of carbonyl (C=O) groups is 1. The van der Waals surface area contributed by atoms with E-state index in [0.717, 1.165) is 0 Å². The predicted octanol–water partition coefficient (Wildman–Crippen LogP) is 3.17. The van der Waals surface area contributed by atoms with Gasteiger partial charge in [0.15, 0.2) is 15.6 Å². The Morgan fingerprint density at radius 2 is 2.00 bits per heavy atom. The highest BCUT2D eigenvalue weighted by atomic mass is 35.5. The van der Waals surface area contributed by atoms with E-state index in [1.54, 1.807) is 24.3 Å². The summed E-state index contributed by atoms with van der Waals surface area (Å²) in [6, 6.07) is 7.71. The third-order valence-electron chi connectivity index (χ3n) is 3.59. The van der Waals surface area contributed by atoms with Crippen LogP contribution >= 0.6 is 23.2 Å². The van der Waals surface area contributed by atoms with E-state index >= 15 is 0 Å². The number of halogens is 2. The highest BCUT2D eigenvalue weighted by Crippen LogP contribution is 2.31. The van der Waals surface area contributed by atoms with Crippen LogP contribution in [0, 0.1) is 0 Å². The number of benzene rings is 1. The lowest BCUT2D eigenvalue weighted by molar-refractivity contribution is 0.0914. The second kappa shape index (κ2) is 6.19. The summed E-state index contributed by atoms with van der Waals surface area (Å²) in [6.07, 6.45) is 0.418. The summed E-state index contributed by atoms with van der Waals surface area (Å²) in [6.45, 7) is 0. The van der Waals surface area contributed by atoms with Crippen molar-refractivity contribution in [2.75, 3.05) is 11.5 Å². The van der Waals surface area contributed by atoms with Gasteiger partial charge in [0, 0.05) is 16.6 Å². The van der Waals surface area contributed by atoms with Crippen LogP contribution in [-0.4, -0.2) is 31.9 Å². The van der Waals surface area contributed by atoms with Gasteiger partial charge in [-0.05, 0) is 36.8 Å². The quantitative estimate of drug-likeness (QED) is 0.896. The van der Waals surface area contributed by atoms with Crippen LogP contribution in [-0.2, 0) is 9.84 Å². The van der Waals surface area contributed by atoms with Gasteiger partial charge in [0.2, 0.25) is 0 Å². The van der Waals surface area contributed by atoms with Gasteiger partial charge < -0.3 is 9.73 Å². The molecule has 3 rings (SSSR count). The monoisotopic (exact) mass is 373 g/mol. The van der Waals surface area contributed by atoms with Crippen LogP contribution in [0.5, 0.6) is 0 Å². The van der Waals surface area contributed by atoms with Gasteiger partial charge in [-0.25, -0.2) is 8.42 Å². The number of nitrogens with one attached hydrogen (secondary N) is 1. The van der Waals surface area contributed by atoms with Crippen molar-refractivity contribution in [1.82, 2.24) is 5.32 Å². The molecule has 1 aromatic heterocycles. The molecule has 1 aliphatic rings. The first-order valence-corrected chi connectivity index (χ1v) is 9.48. The van der Waals surface area contributed by atoms with Gasteiger partial charge in [-0.3, -0.25) is 4.79 Å². The molecule has 2 heterocycles. The maximum atomic E-state index is 12.1. The number of rotatable bonds is 3. The van der Waals surface area contributed by atoms with Crippen LogP contribution in [0.3, 0.4) is 0 Å². The van der Waals surface area contributed by atoms with E-state index in [0.29, 0.717) is 27.8 Å². The fourth-order valence-electron chi connectivity index (χ4n) is 2.46. The molecule has 1 N–H and O–H groups in total. The molecule has 122 valence electrons. The lowest BCUT2D eigenvalue weighted by Crippen LogP contribution is -2.35. The van der Waals surface area contributed by atoms with Crippen molar-refractivity contribution in [3.05, 3.63) is 46.1 Å². The van der Waals surface area contributed by atoms with Gasteiger partial charge >= 0.3 is 0 Å². The maximum Gasteiger partial charge on any atom is 0.287 e. The molecule has 2 aromatic rings. The third kappa shape index (κ3) is 3.71. The average Bonchev–Trinajstić information content (AvgIpc) is 3.08. The molecule has 1 amide bonds. The molecular formula is C15H13Cl2NO4S. The normalized spacial score (nSPS) is 19.7. The first kappa shape index (κ1) is 16.4. The standard InChI is InChI=1S/C15H13Cl2NO4S/c16-9-1-2-12(17)11(7-9)13-3-4-14(22-13)15(19)18-10-5-6-23(20,21)8-10/h1-4,7,10H,5-6,8H2,(H,18,19)/t10-/m0/s1. The summed E-state index contributed by atoms with van der Waals surface area (Å²) in [5.41, 5.74) is 0.585. The molecule has 8 heteroatoms. The van der Waals surface area contributed by atoms with Gasteiger partial charge in [0.1, 0.15) is 5.76 Å². The lowest BCUT2D eigenvalue weighted by atomic mass is 10.2. The molecule has 0 aliphatic carbocycles. The van der Waals surface area contributed by atoms with Crippen LogP contribution in [0.1, 0.15) is 17.0 Å². The topological polar surface area (TPSA) is 76.4 Å². The Morgan fingerprint density at radius 1 is 1.22 bits per heavy atom. The number of furan rings is 1. The van der Waals surface area contributed by atoms with Crippen LogP contribution < -0.4 is 5.32 Å². The highest BCUT2D eigenvalue weighted by Gasteiger charge is 2.29. The molecule has 0 bridgehead atoms. The van der Waals surface area contributed by atoms with Crippen LogP contribution in [0.25, 0.3) is 11.3 Å². The van der Waals surface area contributed by atoms with Gasteiger partial charge in [-0.15, -0.1) is 0 Å². The minimum absolute atomic E-state index is 0.0353. The Bertz CT molecular complexity index is 860. The molecular weight excluding hydrogens is 361 g/mol. The molecule has 23 heavy (non-hydrogen) atoms. The molecule has 1 aliphatic heterocycles. The van der Waals surface area contributed by atoms with E-state index < -0.39 is 15.7 Å².